The van der Waals surface area contributed by atoms with Crippen molar-refractivity contribution in [3.63, 3.8) is 0 Å². The number of carbonyl (C=O) groups excluding carboxylic acids is 1. The van der Waals surface area contributed by atoms with E-state index >= 15 is 0 Å². The number of pyridine rings is 1. The van der Waals surface area contributed by atoms with E-state index in [0.29, 0.717) is 6.04 Å². The molecule has 0 aromatic carbocycles. The van der Waals surface area contributed by atoms with Crippen LogP contribution < -0.4 is 5.32 Å². The van der Waals surface area contributed by atoms with Gasteiger partial charge in [-0.15, -0.1) is 0 Å². The van der Waals surface area contributed by atoms with Crippen LogP contribution in [0.15, 0.2) is 24.4 Å². The summed E-state index contributed by atoms with van der Waals surface area (Å²) in [5.41, 5.74) is -0.277. The Morgan fingerprint density at radius 2 is 2.00 bits per heavy atom. The van der Waals surface area contributed by atoms with Crippen molar-refractivity contribution in [1.82, 2.24) is 9.88 Å². The van der Waals surface area contributed by atoms with Crippen molar-refractivity contribution in [2.24, 2.45) is 5.41 Å². The monoisotopic (exact) mass is 261 g/mol. The van der Waals surface area contributed by atoms with Gasteiger partial charge in [0.05, 0.1) is 0 Å². The first-order valence-corrected chi connectivity index (χ1v) is 6.94. The molecule has 4 heteroatoms. The number of rotatable bonds is 2. The van der Waals surface area contributed by atoms with Gasteiger partial charge in [0, 0.05) is 30.7 Å². The van der Waals surface area contributed by atoms with Gasteiger partial charge < -0.3 is 10.2 Å². The molecule has 2 rings (SSSR count). The standard InChI is InChI=1S/C15H23N3O/c1-15(2,3)14(19)18-10-7-12(8-11-18)17-13-6-4-5-9-16-13/h4-6,9,12H,7-8,10-11H2,1-3H3,(H,16,17). The highest BCUT2D eigenvalue weighted by molar-refractivity contribution is 5.81. The molecule has 2 heterocycles. The van der Waals surface area contributed by atoms with Gasteiger partial charge in [0.25, 0.3) is 0 Å². The van der Waals surface area contributed by atoms with Crippen LogP contribution in [0.2, 0.25) is 0 Å². The minimum absolute atomic E-state index is 0.254. The van der Waals surface area contributed by atoms with Gasteiger partial charge in [-0.1, -0.05) is 26.8 Å². The van der Waals surface area contributed by atoms with Gasteiger partial charge in [0.15, 0.2) is 0 Å². The number of nitrogens with one attached hydrogen (secondary N) is 1. The normalized spacial score (nSPS) is 17.3. The Labute approximate surface area is 115 Å². The van der Waals surface area contributed by atoms with E-state index in [1.807, 2.05) is 43.9 Å². The second-order valence-electron chi connectivity index (χ2n) is 6.18. The van der Waals surface area contributed by atoms with Crippen LogP contribution in [-0.4, -0.2) is 34.9 Å². The fourth-order valence-electron chi connectivity index (χ4n) is 2.36. The molecule has 1 aromatic heterocycles. The highest BCUT2D eigenvalue weighted by Crippen LogP contribution is 2.22. The van der Waals surface area contributed by atoms with Crippen LogP contribution >= 0.6 is 0 Å². The van der Waals surface area contributed by atoms with Crippen molar-refractivity contribution in [2.45, 2.75) is 39.7 Å². The van der Waals surface area contributed by atoms with Crippen molar-refractivity contribution in [2.75, 3.05) is 18.4 Å². The van der Waals surface area contributed by atoms with E-state index < -0.39 is 0 Å². The largest absolute Gasteiger partial charge is 0.367 e. The fourth-order valence-corrected chi connectivity index (χ4v) is 2.36. The summed E-state index contributed by atoms with van der Waals surface area (Å²) in [4.78, 5) is 18.4. The second kappa shape index (κ2) is 5.59. The summed E-state index contributed by atoms with van der Waals surface area (Å²) in [6.45, 7) is 7.61. The molecule has 0 unspecified atom stereocenters. The summed E-state index contributed by atoms with van der Waals surface area (Å²) in [7, 11) is 0. The fraction of sp³-hybridized carbons (Fsp3) is 0.600. The lowest BCUT2D eigenvalue weighted by Gasteiger charge is -2.36. The Kier molecular flexibility index (Phi) is 4.08. The van der Waals surface area contributed by atoms with E-state index in [2.05, 4.69) is 10.3 Å². The highest BCUT2D eigenvalue weighted by Gasteiger charge is 2.30. The number of likely N-dealkylation sites (tertiary alicyclic amines) is 1. The highest BCUT2D eigenvalue weighted by atomic mass is 16.2. The molecule has 19 heavy (non-hydrogen) atoms. The third kappa shape index (κ3) is 3.69. The van der Waals surface area contributed by atoms with Gasteiger partial charge in [0.1, 0.15) is 5.82 Å². The van der Waals surface area contributed by atoms with E-state index in [-0.39, 0.29) is 11.3 Å². The first-order chi connectivity index (χ1) is 8.97. The summed E-state index contributed by atoms with van der Waals surface area (Å²) < 4.78 is 0. The van der Waals surface area contributed by atoms with Gasteiger partial charge in [-0.2, -0.15) is 0 Å². The third-order valence-electron chi connectivity index (χ3n) is 3.44. The maximum atomic E-state index is 12.2. The Morgan fingerprint density at radius 1 is 1.32 bits per heavy atom. The van der Waals surface area contributed by atoms with Crippen LogP contribution in [0.1, 0.15) is 33.6 Å². The lowest BCUT2D eigenvalue weighted by Crippen LogP contribution is -2.46. The molecule has 104 valence electrons. The van der Waals surface area contributed by atoms with Crippen molar-refractivity contribution in [1.29, 1.82) is 0 Å². The average Bonchev–Trinajstić information content (AvgIpc) is 2.39. The zero-order valence-corrected chi connectivity index (χ0v) is 12.0. The number of hydrogen-bond donors (Lipinski definition) is 1. The van der Waals surface area contributed by atoms with Crippen molar-refractivity contribution < 1.29 is 4.79 Å². The molecule has 0 spiro atoms. The van der Waals surface area contributed by atoms with Crippen LogP contribution in [0.3, 0.4) is 0 Å². The van der Waals surface area contributed by atoms with Gasteiger partial charge in [-0.05, 0) is 25.0 Å². The van der Waals surface area contributed by atoms with E-state index in [1.165, 1.54) is 0 Å². The third-order valence-corrected chi connectivity index (χ3v) is 3.44. The smallest absolute Gasteiger partial charge is 0.227 e. The van der Waals surface area contributed by atoms with Gasteiger partial charge in [-0.3, -0.25) is 4.79 Å². The van der Waals surface area contributed by atoms with Crippen LogP contribution in [0.25, 0.3) is 0 Å². The molecular formula is C15H23N3O. The second-order valence-corrected chi connectivity index (χ2v) is 6.18. The van der Waals surface area contributed by atoms with Crippen LogP contribution in [-0.2, 0) is 4.79 Å². The molecule has 1 saturated heterocycles. The molecule has 1 amide bonds. The average molecular weight is 261 g/mol. The van der Waals surface area contributed by atoms with Gasteiger partial charge in [0.2, 0.25) is 5.91 Å². The minimum Gasteiger partial charge on any atom is -0.367 e. The predicted octanol–water partition coefficient (Wildman–Crippen LogP) is 2.53. The topological polar surface area (TPSA) is 45.2 Å². The van der Waals surface area contributed by atoms with E-state index in [9.17, 15) is 4.79 Å². The van der Waals surface area contributed by atoms with Crippen molar-refractivity contribution >= 4 is 11.7 Å². The Morgan fingerprint density at radius 3 is 2.53 bits per heavy atom. The number of hydrogen-bond acceptors (Lipinski definition) is 3. The first-order valence-electron chi connectivity index (χ1n) is 6.94. The molecule has 0 saturated carbocycles. The Balaban J connectivity index is 1.85. The molecule has 1 N–H and O–H groups in total. The quantitative estimate of drug-likeness (QED) is 0.889. The summed E-state index contributed by atoms with van der Waals surface area (Å²) in [6.07, 6.45) is 3.76. The Hall–Kier alpha value is -1.58. The zero-order chi connectivity index (χ0) is 13.9. The summed E-state index contributed by atoms with van der Waals surface area (Å²) in [6, 6.07) is 6.29. The maximum absolute atomic E-state index is 12.2. The zero-order valence-electron chi connectivity index (χ0n) is 12.0. The maximum Gasteiger partial charge on any atom is 0.227 e. The van der Waals surface area contributed by atoms with E-state index in [0.717, 1.165) is 31.7 Å². The molecule has 0 radical (unpaired) electrons. The molecule has 4 nitrogen and oxygen atoms in total. The number of nitrogens with zero attached hydrogens (tertiary/aromatic N) is 2. The van der Waals surface area contributed by atoms with E-state index in [1.54, 1.807) is 6.20 Å². The summed E-state index contributed by atoms with van der Waals surface area (Å²) in [5.74, 6) is 1.17. The SMILES string of the molecule is CC(C)(C)C(=O)N1CCC(Nc2ccccn2)CC1. The van der Waals surface area contributed by atoms with Crippen molar-refractivity contribution in [3.8, 4) is 0 Å². The molecule has 1 fully saturated rings. The lowest BCUT2D eigenvalue weighted by molar-refractivity contribution is -0.140. The van der Waals surface area contributed by atoms with Crippen molar-refractivity contribution in [3.05, 3.63) is 24.4 Å². The number of aromatic nitrogens is 1. The first kappa shape index (κ1) is 13.8. The number of carbonyl (C=O) groups is 1. The molecule has 0 atom stereocenters. The number of piperidine rings is 1. The van der Waals surface area contributed by atoms with Crippen LogP contribution in [0, 0.1) is 5.41 Å². The molecule has 0 bridgehead atoms. The summed E-state index contributed by atoms with van der Waals surface area (Å²) in [5, 5.41) is 3.43. The molecular weight excluding hydrogens is 238 g/mol. The van der Waals surface area contributed by atoms with Gasteiger partial charge in [-0.25, -0.2) is 4.98 Å². The summed E-state index contributed by atoms with van der Waals surface area (Å²) >= 11 is 0. The molecule has 1 aliphatic heterocycles. The predicted molar refractivity (Wildman–Crippen MR) is 76.9 cm³/mol. The molecule has 1 aromatic rings. The van der Waals surface area contributed by atoms with Crippen LogP contribution in [0.4, 0.5) is 5.82 Å². The van der Waals surface area contributed by atoms with E-state index in [4.69, 9.17) is 0 Å². The Bertz CT molecular complexity index is 417. The minimum atomic E-state index is -0.277. The number of anilines is 1. The van der Waals surface area contributed by atoms with Gasteiger partial charge >= 0.3 is 0 Å². The molecule has 0 aliphatic carbocycles. The molecule has 1 aliphatic rings. The number of amides is 1. The van der Waals surface area contributed by atoms with Crippen LogP contribution in [0.5, 0.6) is 0 Å². The lowest BCUT2D eigenvalue weighted by atomic mass is 9.93.